The average molecular weight is 992 g/mol. The molecule has 1 aliphatic heterocycles. The van der Waals surface area contributed by atoms with Crippen molar-refractivity contribution in [3.63, 3.8) is 0 Å². The first-order chi connectivity index (χ1) is 32.9. The standard InChI is InChI=1S/C40H61N15O15/c1-4-20(2)33(38(64)48-21(3)34(60)46-18-31(58)49-24(11-14-30(42)57)36(62)51-25(39(65)66)7-5-15-45-40(43)44)52-32(59)19-47-35(61)23(10-13-29(41)56)50-37(63)27-8-6-16-53(27)26-12-9-22(54(67)68)17-28(26)55(69)70/h9,12,17,20-21,23-25,27,33H,4-8,10-11,13-16,18-19H2,1-3H3,(H2,41,56)(H2,42,57)(H,46,60)(H,47,61)(H,48,64)(H,49,58)(H,50,63)(H,51,62)(H,52,59)(H,65,66)(H4,43,44,45)/t20-,21-,23-,24-,25+,27-,33-/m0/s1. The van der Waals surface area contributed by atoms with E-state index in [0.717, 1.165) is 18.2 Å². The second kappa shape index (κ2) is 28.2. The van der Waals surface area contributed by atoms with Gasteiger partial charge in [-0.2, -0.15) is 0 Å². The molecule has 1 saturated heterocycles. The zero-order valence-electron chi connectivity index (χ0n) is 38.7. The lowest BCUT2D eigenvalue weighted by Crippen LogP contribution is -2.57. The fraction of sp³-hybridized carbons (Fsp3) is 0.575. The van der Waals surface area contributed by atoms with Crippen LogP contribution in [-0.4, -0.2) is 142 Å². The number of carbonyl (C=O) groups is 10. The summed E-state index contributed by atoms with van der Waals surface area (Å²) in [6.07, 6.45) is -0.442. The molecule has 1 fully saturated rings. The fourth-order valence-corrected chi connectivity index (χ4v) is 6.91. The van der Waals surface area contributed by atoms with Crippen LogP contribution < -0.4 is 65.1 Å². The molecule has 16 N–H and O–H groups in total. The van der Waals surface area contributed by atoms with Gasteiger partial charge < -0.3 is 70.2 Å². The van der Waals surface area contributed by atoms with Crippen molar-refractivity contribution in [2.45, 2.75) is 115 Å². The van der Waals surface area contributed by atoms with E-state index in [0.29, 0.717) is 12.8 Å². The van der Waals surface area contributed by atoms with Crippen molar-refractivity contribution in [2.75, 3.05) is 31.1 Å². The van der Waals surface area contributed by atoms with Gasteiger partial charge in [-0.15, -0.1) is 0 Å². The van der Waals surface area contributed by atoms with E-state index in [1.54, 1.807) is 13.8 Å². The highest BCUT2D eigenvalue weighted by atomic mass is 16.6. The summed E-state index contributed by atoms with van der Waals surface area (Å²) >= 11 is 0. The Balaban J connectivity index is 2.06. The largest absolute Gasteiger partial charge is 0.480 e. The zero-order valence-corrected chi connectivity index (χ0v) is 38.7. The molecule has 0 unspecified atom stereocenters. The number of hydrogen-bond acceptors (Lipinski definition) is 16. The van der Waals surface area contributed by atoms with Gasteiger partial charge in [0.1, 0.15) is 41.9 Å². The molecule has 2 rings (SSSR count). The third kappa shape index (κ3) is 19.2. The number of non-ortho nitro benzene ring substituents is 1. The van der Waals surface area contributed by atoms with Crippen molar-refractivity contribution in [3.05, 3.63) is 38.4 Å². The molecule has 0 aliphatic carbocycles. The molecule has 0 bridgehead atoms. The third-order valence-corrected chi connectivity index (χ3v) is 10.8. The number of nitro groups is 2. The number of benzene rings is 1. The Morgan fingerprint density at radius 1 is 0.757 bits per heavy atom. The minimum absolute atomic E-state index is 0.0703. The number of nitrogens with zero attached hydrogens (tertiary/aromatic N) is 4. The number of carboxylic acids is 1. The summed E-state index contributed by atoms with van der Waals surface area (Å²) in [5.74, 6) is -10.0. The van der Waals surface area contributed by atoms with E-state index in [-0.39, 0.29) is 69.7 Å². The van der Waals surface area contributed by atoms with Gasteiger partial charge in [0.25, 0.3) is 11.4 Å². The van der Waals surface area contributed by atoms with Crippen molar-refractivity contribution in [1.82, 2.24) is 37.2 Å². The van der Waals surface area contributed by atoms with Crippen molar-refractivity contribution in [1.29, 1.82) is 0 Å². The molecule has 1 aromatic carbocycles. The molecular weight excluding hydrogens is 931 g/mol. The van der Waals surface area contributed by atoms with E-state index in [9.17, 15) is 73.3 Å². The number of amides is 9. The Labute approximate surface area is 399 Å². The summed E-state index contributed by atoms with van der Waals surface area (Å²) in [6, 6.07) is -5.03. The molecular formula is C40H61N15O15. The minimum Gasteiger partial charge on any atom is -0.480 e. The molecule has 7 atom stereocenters. The molecule has 386 valence electrons. The molecule has 1 heterocycles. The first kappa shape index (κ1) is 57.9. The number of hydrogen-bond donors (Lipinski definition) is 12. The number of nitro benzene ring substituents is 2. The summed E-state index contributed by atoms with van der Waals surface area (Å²) in [6.45, 7) is 3.32. The zero-order chi connectivity index (χ0) is 52.8. The maximum absolute atomic E-state index is 13.6. The van der Waals surface area contributed by atoms with Gasteiger partial charge in [0.2, 0.25) is 53.2 Å². The summed E-state index contributed by atoms with van der Waals surface area (Å²) < 4.78 is 0. The van der Waals surface area contributed by atoms with Gasteiger partial charge in [0.15, 0.2) is 5.96 Å². The SMILES string of the molecule is CC[C@H](C)[C@H](NC(=O)CNC(=O)[C@H](CCC(N)=O)NC(=O)[C@@H]1CCCN1c1ccc([N+](=O)[O-])cc1[N+](=O)[O-])C(=O)N[C@@H](C)C(=O)NCC(=O)N[C@@H](CCC(N)=O)C(=O)N[C@H](CCCN=C(N)N)C(=O)O. The van der Waals surface area contributed by atoms with Gasteiger partial charge in [-0.1, -0.05) is 20.3 Å². The van der Waals surface area contributed by atoms with Gasteiger partial charge in [-0.3, -0.25) is 68.4 Å². The van der Waals surface area contributed by atoms with Crippen LogP contribution in [0, 0.1) is 26.1 Å². The van der Waals surface area contributed by atoms with Gasteiger partial charge in [-0.05, 0) is 57.4 Å². The van der Waals surface area contributed by atoms with Crippen molar-refractivity contribution in [3.8, 4) is 0 Å². The lowest BCUT2D eigenvalue weighted by Gasteiger charge is -2.27. The summed E-state index contributed by atoms with van der Waals surface area (Å²) in [7, 11) is 0. The Morgan fingerprint density at radius 3 is 1.89 bits per heavy atom. The Bertz CT molecular complexity index is 2170. The molecule has 30 nitrogen and oxygen atoms in total. The van der Waals surface area contributed by atoms with Crippen LogP contribution in [0.25, 0.3) is 0 Å². The van der Waals surface area contributed by atoms with Crippen molar-refractivity contribution in [2.24, 2.45) is 33.8 Å². The summed E-state index contributed by atoms with van der Waals surface area (Å²) in [5.41, 5.74) is 19.8. The van der Waals surface area contributed by atoms with E-state index in [1.165, 1.54) is 11.8 Å². The fourth-order valence-electron chi connectivity index (χ4n) is 6.91. The van der Waals surface area contributed by atoms with Crippen LogP contribution >= 0.6 is 0 Å². The third-order valence-electron chi connectivity index (χ3n) is 10.8. The predicted molar refractivity (Wildman–Crippen MR) is 245 cm³/mol. The maximum atomic E-state index is 13.6. The Kier molecular flexibility index (Phi) is 23.3. The lowest BCUT2D eigenvalue weighted by molar-refractivity contribution is -0.393. The first-order valence-corrected chi connectivity index (χ1v) is 22.0. The lowest BCUT2D eigenvalue weighted by atomic mass is 9.98. The van der Waals surface area contributed by atoms with E-state index < -0.39 is 136 Å². The van der Waals surface area contributed by atoms with E-state index in [1.807, 2.05) is 0 Å². The van der Waals surface area contributed by atoms with E-state index in [2.05, 4.69) is 42.2 Å². The van der Waals surface area contributed by atoms with Crippen LogP contribution in [-0.2, 0) is 47.9 Å². The van der Waals surface area contributed by atoms with Crippen molar-refractivity contribution >= 4 is 82.2 Å². The van der Waals surface area contributed by atoms with Crippen molar-refractivity contribution < 1.29 is 62.9 Å². The molecule has 30 heteroatoms. The predicted octanol–water partition coefficient (Wildman–Crippen LogP) is -4.14. The number of nitrogens with one attached hydrogen (secondary N) is 7. The summed E-state index contributed by atoms with van der Waals surface area (Å²) in [4.78, 5) is 154. The topological polar surface area (TPSA) is 481 Å². The number of primary amides is 2. The van der Waals surface area contributed by atoms with Crippen LogP contribution in [0.3, 0.4) is 0 Å². The van der Waals surface area contributed by atoms with Gasteiger partial charge in [-0.25, -0.2) is 4.79 Å². The van der Waals surface area contributed by atoms with Gasteiger partial charge in [0.05, 0.1) is 29.0 Å². The molecule has 0 aromatic heterocycles. The van der Waals surface area contributed by atoms with Gasteiger partial charge >= 0.3 is 5.97 Å². The maximum Gasteiger partial charge on any atom is 0.326 e. The highest BCUT2D eigenvalue weighted by molar-refractivity contribution is 5.97. The number of aliphatic carboxylic acids is 1. The Morgan fingerprint density at radius 2 is 1.34 bits per heavy atom. The molecule has 1 aliphatic rings. The number of guanidine groups is 1. The average Bonchev–Trinajstić information content (AvgIpc) is 3.79. The number of nitrogens with two attached hydrogens (primary N) is 4. The van der Waals surface area contributed by atoms with Crippen LogP contribution in [0.4, 0.5) is 17.1 Å². The quantitative estimate of drug-likeness (QED) is 0.0114. The minimum atomic E-state index is -1.45. The van der Waals surface area contributed by atoms with E-state index >= 15 is 0 Å². The number of rotatable bonds is 30. The smallest absolute Gasteiger partial charge is 0.326 e. The number of carbonyl (C=O) groups excluding carboxylic acids is 9. The highest BCUT2D eigenvalue weighted by Gasteiger charge is 2.37. The van der Waals surface area contributed by atoms with Crippen LogP contribution in [0.5, 0.6) is 0 Å². The molecule has 9 amide bonds. The molecule has 0 saturated carbocycles. The van der Waals surface area contributed by atoms with Gasteiger partial charge in [0, 0.05) is 32.0 Å². The van der Waals surface area contributed by atoms with E-state index in [4.69, 9.17) is 22.9 Å². The molecule has 70 heavy (non-hydrogen) atoms. The molecule has 0 radical (unpaired) electrons. The van der Waals surface area contributed by atoms with Crippen LogP contribution in [0.1, 0.15) is 78.6 Å². The highest BCUT2D eigenvalue weighted by Crippen LogP contribution is 2.36. The van der Waals surface area contributed by atoms with Crippen LogP contribution in [0.15, 0.2) is 23.2 Å². The Hall–Kier alpha value is -8.21. The molecule has 0 spiro atoms. The molecule has 1 aromatic rings. The summed E-state index contributed by atoms with van der Waals surface area (Å²) in [5, 5.41) is 49.2. The second-order valence-corrected chi connectivity index (χ2v) is 16.2. The monoisotopic (exact) mass is 991 g/mol. The number of anilines is 1. The first-order valence-electron chi connectivity index (χ1n) is 22.0. The van der Waals surface area contributed by atoms with Crippen LogP contribution in [0.2, 0.25) is 0 Å². The number of aliphatic imine (C=N–C) groups is 1. The second-order valence-electron chi connectivity index (χ2n) is 16.2. The number of carboxylic acid groups (broad SMARTS) is 1. The normalized spacial score (nSPS) is 15.5.